The first-order valence-corrected chi connectivity index (χ1v) is 6.41. The lowest BCUT2D eigenvalue weighted by atomic mass is 9.90. The SMILES string of the molecule is Cc1ccc(C)c(C(=O)c2ccccc2)c1CC(=O)O. The third kappa shape index (κ3) is 2.77. The number of aliphatic carboxylic acids is 1. The number of carbonyl (C=O) groups is 2. The van der Waals surface area contributed by atoms with Gasteiger partial charge in [0.05, 0.1) is 6.42 Å². The van der Waals surface area contributed by atoms with Crippen molar-refractivity contribution in [3.05, 3.63) is 70.3 Å². The Hall–Kier alpha value is -2.42. The minimum atomic E-state index is -0.930. The first kappa shape index (κ1) is 14.0. The standard InChI is InChI=1S/C17H16O3/c1-11-8-9-12(2)16(14(11)10-15(18)19)17(20)13-6-4-3-5-7-13/h3-9H,10H2,1-2H3,(H,18,19). The summed E-state index contributed by atoms with van der Waals surface area (Å²) >= 11 is 0. The molecule has 0 amide bonds. The molecule has 20 heavy (non-hydrogen) atoms. The summed E-state index contributed by atoms with van der Waals surface area (Å²) in [5, 5.41) is 9.05. The molecular formula is C17H16O3. The third-order valence-corrected chi connectivity index (χ3v) is 3.35. The molecule has 102 valence electrons. The van der Waals surface area contributed by atoms with Gasteiger partial charge in [0.25, 0.3) is 0 Å². The highest BCUT2D eigenvalue weighted by atomic mass is 16.4. The van der Waals surface area contributed by atoms with Gasteiger partial charge in [-0.1, -0.05) is 42.5 Å². The van der Waals surface area contributed by atoms with Crippen molar-refractivity contribution in [3.63, 3.8) is 0 Å². The summed E-state index contributed by atoms with van der Waals surface area (Å²) < 4.78 is 0. The third-order valence-electron chi connectivity index (χ3n) is 3.35. The van der Waals surface area contributed by atoms with Crippen LogP contribution in [0.3, 0.4) is 0 Å². The normalized spacial score (nSPS) is 10.3. The molecule has 2 aromatic rings. The van der Waals surface area contributed by atoms with Crippen LogP contribution in [0.5, 0.6) is 0 Å². The van der Waals surface area contributed by atoms with Crippen LogP contribution in [0.2, 0.25) is 0 Å². The molecule has 2 aromatic carbocycles. The van der Waals surface area contributed by atoms with Gasteiger partial charge < -0.3 is 5.11 Å². The summed E-state index contributed by atoms with van der Waals surface area (Å²) in [6, 6.07) is 12.7. The van der Waals surface area contributed by atoms with Crippen molar-refractivity contribution in [1.29, 1.82) is 0 Å². The highest BCUT2D eigenvalue weighted by molar-refractivity contribution is 6.11. The van der Waals surface area contributed by atoms with Crippen LogP contribution in [0.1, 0.15) is 32.6 Å². The largest absolute Gasteiger partial charge is 0.481 e. The number of aryl methyl sites for hydroxylation is 2. The number of ketones is 1. The maximum atomic E-state index is 12.6. The van der Waals surface area contributed by atoms with Gasteiger partial charge in [0.2, 0.25) is 0 Å². The van der Waals surface area contributed by atoms with Crippen molar-refractivity contribution in [2.24, 2.45) is 0 Å². The predicted molar refractivity (Wildman–Crippen MR) is 77.1 cm³/mol. The topological polar surface area (TPSA) is 54.4 Å². The lowest BCUT2D eigenvalue weighted by molar-refractivity contribution is -0.136. The summed E-state index contributed by atoms with van der Waals surface area (Å²) in [7, 11) is 0. The Kier molecular flexibility index (Phi) is 3.99. The van der Waals surface area contributed by atoms with Crippen LogP contribution in [0.15, 0.2) is 42.5 Å². The summed E-state index contributed by atoms with van der Waals surface area (Å²) in [6.07, 6.45) is -0.137. The van der Waals surface area contributed by atoms with E-state index >= 15 is 0 Å². The fraction of sp³-hybridized carbons (Fsp3) is 0.176. The van der Waals surface area contributed by atoms with Crippen molar-refractivity contribution in [3.8, 4) is 0 Å². The molecule has 0 aliphatic heterocycles. The number of carbonyl (C=O) groups excluding carboxylic acids is 1. The molecule has 0 aliphatic carbocycles. The minimum Gasteiger partial charge on any atom is -0.481 e. The molecule has 0 atom stereocenters. The monoisotopic (exact) mass is 268 g/mol. The van der Waals surface area contributed by atoms with Gasteiger partial charge in [0.15, 0.2) is 5.78 Å². The Morgan fingerprint density at radius 2 is 1.55 bits per heavy atom. The van der Waals surface area contributed by atoms with Crippen molar-refractivity contribution in [1.82, 2.24) is 0 Å². The highest BCUT2D eigenvalue weighted by Crippen LogP contribution is 2.22. The summed E-state index contributed by atoms with van der Waals surface area (Å²) in [6.45, 7) is 3.67. The smallest absolute Gasteiger partial charge is 0.307 e. The van der Waals surface area contributed by atoms with Crippen molar-refractivity contribution in [2.75, 3.05) is 0 Å². The second kappa shape index (κ2) is 5.70. The molecule has 0 aliphatic rings. The molecule has 0 spiro atoms. The van der Waals surface area contributed by atoms with Crippen LogP contribution < -0.4 is 0 Å². The van der Waals surface area contributed by atoms with Gasteiger partial charge in [-0.2, -0.15) is 0 Å². The Labute approximate surface area is 117 Å². The van der Waals surface area contributed by atoms with Gasteiger partial charge in [-0.05, 0) is 30.5 Å². The quantitative estimate of drug-likeness (QED) is 0.866. The lowest BCUT2D eigenvalue weighted by Gasteiger charge is -2.13. The molecule has 0 unspecified atom stereocenters. The van der Waals surface area contributed by atoms with E-state index in [4.69, 9.17) is 5.11 Å². The summed E-state index contributed by atoms with van der Waals surface area (Å²) in [5.74, 6) is -1.05. The molecule has 0 saturated carbocycles. The van der Waals surface area contributed by atoms with E-state index < -0.39 is 5.97 Å². The van der Waals surface area contributed by atoms with Crippen LogP contribution in [0.4, 0.5) is 0 Å². The zero-order valence-corrected chi connectivity index (χ0v) is 11.5. The van der Waals surface area contributed by atoms with E-state index in [9.17, 15) is 9.59 Å². The van der Waals surface area contributed by atoms with E-state index in [0.29, 0.717) is 16.7 Å². The van der Waals surface area contributed by atoms with Crippen LogP contribution in [0.25, 0.3) is 0 Å². The highest BCUT2D eigenvalue weighted by Gasteiger charge is 2.19. The zero-order valence-electron chi connectivity index (χ0n) is 11.5. The van der Waals surface area contributed by atoms with Crippen molar-refractivity contribution in [2.45, 2.75) is 20.3 Å². The molecule has 2 rings (SSSR count). The zero-order chi connectivity index (χ0) is 14.7. The van der Waals surface area contributed by atoms with E-state index in [2.05, 4.69) is 0 Å². The first-order valence-electron chi connectivity index (χ1n) is 6.41. The van der Waals surface area contributed by atoms with Gasteiger partial charge in [0, 0.05) is 11.1 Å². The van der Waals surface area contributed by atoms with Crippen LogP contribution >= 0.6 is 0 Å². The predicted octanol–water partition coefficient (Wildman–Crippen LogP) is 3.16. The van der Waals surface area contributed by atoms with Crippen molar-refractivity contribution < 1.29 is 14.7 Å². The van der Waals surface area contributed by atoms with Gasteiger partial charge >= 0.3 is 5.97 Å². The Morgan fingerprint density at radius 3 is 2.15 bits per heavy atom. The average molecular weight is 268 g/mol. The van der Waals surface area contributed by atoms with Gasteiger partial charge in [-0.15, -0.1) is 0 Å². The Balaban J connectivity index is 2.58. The van der Waals surface area contributed by atoms with Crippen LogP contribution in [-0.4, -0.2) is 16.9 Å². The maximum Gasteiger partial charge on any atom is 0.307 e. The van der Waals surface area contributed by atoms with E-state index in [1.807, 2.05) is 32.0 Å². The molecule has 3 nitrogen and oxygen atoms in total. The number of hydrogen-bond acceptors (Lipinski definition) is 2. The molecule has 0 fully saturated rings. The lowest BCUT2D eigenvalue weighted by Crippen LogP contribution is -2.13. The second-order valence-electron chi connectivity index (χ2n) is 4.82. The van der Waals surface area contributed by atoms with E-state index in [-0.39, 0.29) is 12.2 Å². The van der Waals surface area contributed by atoms with Crippen LogP contribution in [-0.2, 0) is 11.2 Å². The number of rotatable bonds is 4. The minimum absolute atomic E-state index is 0.122. The molecule has 0 saturated heterocycles. The van der Waals surface area contributed by atoms with Crippen LogP contribution in [0, 0.1) is 13.8 Å². The first-order chi connectivity index (χ1) is 9.50. The van der Waals surface area contributed by atoms with E-state index in [0.717, 1.165) is 11.1 Å². The van der Waals surface area contributed by atoms with Gasteiger partial charge in [-0.3, -0.25) is 9.59 Å². The average Bonchev–Trinajstić information content (AvgIpc) is 2.43. The fourth-order valence-corrected chi connectivity index (χ4v) is 2.30. The van der Waals surface area contributed by atoms with E-state index in [1.54, 1.807) is 24.3 Å². The molecule has 3 heteroatoms. The molecule has 0 bridgehead atoms. The molecule has 0 radical (unpaired) electrons. The number of carboxylic acids is 1. The Morgan fingerprint density at radius 1 is 0.950 bits per heavy atom. The Bertz CT molecular complexity index is 657. The molecular weight excluding hydrogens is 252 g/mol. The number of benzene rings is 2. The number of hydrogen-bond donors (Lipinski definition) is 1. The summed E-state index contributed by atoms with van der Waals surface area (Å²) in [5.41, 5.74) is 3.33. The van der Waals surface area contributed by atoms with Gasteiger partial charge in [0.1, 0.15) is 0 Å². The molecule has 0 heterocycles. The molecule has 1 N–H and O–H groups in total. The summed E-state index contributed by atoms with van der Waals surface area (Å²) in [4.78, 5) is 23.7. The maximum absolute atomic E-state index is 12.6. The van der Waals surface area contributed by atoms with E-state index in [1.165, 1.54) is 0 Å². The molecule has 0 aromatic heterocycles. The second-order valence-corrected chi connectivity index (χ2v) is 4.82. The number of carboxylic acid groups (broad SMARTS) is 1. The van der Waals surface area contributed by atoms with Crippen molar-refractivity contribution >= 4 is 11.8 Å². The van der Waals surface area contributed by atoms with Gasteiger partial charge in [-0.25, -0.2) is 0 Å². The fourth-order valence-electron chi connectivity index (χ4n) is 2.30.